The van der Waals surface area contributed by atoms with Gasteiger partial charge in [0, 0.05) is 12.8 Å². The van der Waals surface area contributed by atoms with Gasteiger partial charge in [-0.1, -0.05) is 13.8 Å². The molecule has 92 valence electrons. The molecule has 0 aromatic carbocycles. The lowest BCUT2D eigenvalue weighted by molar-refractivity contribution is -0.125. The van der Waals surface area contributed by atoms with E-state index in [0.717, 1.165) is 0 Å². The van der Waals surface area contributed by atoms with Gasteiger partial charge >= 0.3 is 0 Å². The minimum Gasteiger partial charge on any atom is -0.375 e. The summed E-state index contributed by atoms with van der Waals surface area (Å²) in [7, 11) is 0. The number of rotatable bonds is 8. The summed E-state index contributed by atoms with van der Waals surface area (Å²) in [5.41, 5.74) is 0. The molecule has 0 saturated heterocycles. The Morgan fingerprint density at radius 2 is 1.13 bits per heavy atom. The summed E-state index contributed by atoms with van der Waals surface area (Å²) in [6.45, 7) is 3.77. The molecule has 0 aromatic heterocycles. The summed E-state index contributed by atoms with van der Waals surface area (Å²) < 4.78 is 5.53. The van der Waals surface area contributed by atoms with Crippen molar-refractivity contribution in [3.63, 3.8) is 0 Å². The second kappa shape index (κ2) is 8.01. The molecule has 0 aliphatic carbocycles. The third-order valence-corrected chi connectivity index (χ3v) is 2.24. The van der Waals surface area contributed by atoms with E-state index in [2.05, 4.69) is 0 Å². The van der Waals surface area contributed by atoms with E-state index in [1.165, 1.54) is 0 Å². The molecule has 0 saturated carbocycles. The van der Waals surface area contributed by atoms with Gasteiger partial charge in [0.1, 0.15) is 0 Å². The first-order chi connectivity index (χ1) is 6.99. The van der Waals surface area contributed by atoms with E-state index in [-0.39, 0.29) is 25.0 Å². The fraction of sp³-hybridized carbons (Fsp3) is 1.00. The molecule has 15 heavy (non-hydrogen) atoms. The molecule has 0 aliphatic heterocycles. The summed E-state index contributed by atoms with van der Waals surface area (Å²) in [4.78, 5) is 0. The lowest BCUT2D eigenvalue weighted by Gasteiger charge is -2.24. The maximum absolute atomic E-state index is 8.80. The van der Waals surface area contributed by atoms with Crippen LogP contribution < -0.4 is 0 Å². The van der Waals surface area contributed by atoms with Crippen LogP contribution in [0.5, 0.6) is 0 Å². The summed E-state index contributed by atoms with van der Waals surface area (Å²) in [6, 6.07) is 0. The molecule has 0 bridgehead atoms. The highest BCUT2D eigenvalue weighted by atomic mass is 16.5. The van der Waals surface area contributed by atoms with Gasteiger partial charge in [-0.2, -0.15) is 0 Å². The van der Waals surface area contributed by atoms with E-state index in [1.54, 1.807) is 0 Å². The van der Waals surface area contributed by atoms with Crippen molar-refractivity contribution in [1.29, 1.82) is 0 Å². The second-order valence-corrected chi connectivity index (χ2v) is 3.63. The number of hydrogen-bond donors (Lipinski definition) is 4. The molecule has 2 unspecified atom stereocenters. The molecule has 5 heteroatoms. The van der Waals surface area contributed by atoms with E-state index >= 15 is 0 Å². The van der Waals surface area contributed by atoms with Gasteiger partial charge in [-0.05, 0) is 12.8 Å². The molecule has 0 rings (SSSR count). The maximum Gasteiger partial charge on any atom is 0.153 e. The van der Waals surface area contributed by atoms with Gasteiger partial charge in [0.2, 0.25) is 0 Å². The van der Waals surface area contributed by atoms with Crippen molar-refractivity contribution in [2.75, 3.05) is 0 Å². The highest BCUT2D eigenvalue weighted by Gasteiger charge is 2.18. The zero-order valence-electron chi connectivity index (χ0n) is 9.33. The number of ether oxygens (including phenoxy) is 1. The van der Waals surface area contributed by atoms with Gasteiger partial charge in [0.05, 0.1) is 12.2 Å². The molecule has 2 atom stereocenters. The van der Waals surface area contributed by atoms with Crippen LogP contribution in [-0.4, -0.2) is 45.2 Å². The van der Waals surface area contributed by atoms with Gasteiger partial charge in [0.25, 0.3) is 0 Å². The fourth-order valence-electron chi connectivity index (χ4n) is 1.38. The van der Waals surface area contributed by atoms with E-state index < -0.39 is 12.6 Å². The molecule has 0 amide bonds. The smallest absolute Gasteiger partial charge is 0.153 e. The van der Waals surface area contributed by atoms with Crippen molar-refractivity contribution < 1.29 is 25.2 Å². The highest BCUT2D eigenvalue weighted by Crippen LogP contribution is 2.14. The van der Waals surface area contributed by atoms with Crippen LogP contribution in [0.2, 0.25) is 0 Å². The summed E-state index contributed by atoms with van der Waals surface area (Å²) >= 11 is 0. The first-order valence-electron chi connectivity index (χ1n) is 5.37. The first-order valence-corrected chi connectivity index (χ1v) is 5.37. The Morgan fingerprint density at radius 1 is 0.800 bits per heavy atom. The van der Waals surface area contributed by atoms with Crippen LogP contribution >= 0.6 is 0 Å². The molecule has 0 fully saturated rings. The predicted octanol–water partition coefficient (Wildman–Crippen LogP) is -0.0382. The topological polar surface area (TPSA) is 90.2 Å². The fourth-order valence-corrected chi connectivity index (χ4v) is 1.38. The summed E-state index contributed by atoms with van der Waals surface area (Å²) in [5.74, 6) is 0. The minimum atomic E-state index is -1.38. The molecular weight excluding hydrogens is 200 g/mol. The van der Waals surface area contributed by atoms with Crippen LogP contribution in [0, 0.1) is 0 Å². The van der Waals surface area contributed by atoms with Crippen molar-refractivity contribution in [2.24, 2.45) is 0 Å². The zero-order valence-corrected chi connectivity index (χ0v) is 9.33. The molecule has 0 aliphatic rings. The first kappa shape index (κ1) is 14.8. The Bertz CT molecular complexity index is 133. The minimum absolute atomic E-state index is 0.147. The molecular formula is C10H22O5. The lowest BCUT2D eigenvalue weighted by atomic mass is 10.1. The van der Waals surface area contributed by atoms with Crippen LogP contribution in [0.1, 0.15) is 39.5 Å². The second-order valence-electron chi connectivity index (χ2n) is 3.63. The summed E-state index contributed by atoms with van der Waals surface area (Å²) in [6.07, 6.45) is -1.66. The van der Waals surface area contributed by atoms with Crippen molar-refractivity contribution in [2.45, 2.75) is 64.3 Å². The molecule has 5 nitrogen and oxygen atoms in total. The largest absolute Gasteiger partial charge is 0.375 e. The van der Waals surface area contributed by atoms with E-state index in [9.17, 15) is 0 Å². The number of hydrogen-bond acceptors (Lipinski definition) is 5. The quantitative estimate of drug-likeness (QED) is 0.433. The Hall–Kier alpha value is -0.200. The average molecular weight is 222 g/mol. The van der Waals surface area contributed by atoms with Gasteiger partial charge in [-0.15, -0.1) is 0 Å². The molecule has 0 heterocycles. The Balaban J connectivity index is 3.99. The van der Waals surface area contributed by atoms with Crippen molar-refractivity contribution >= 4 is 0 Å². The van der Waals surface area contributed by atoms with Crippen molar-refractivity contribution in [3.05, 3.63) is 0 Å². The van der Waals surface area contributed by atoms with E-state index in [0.29, 0.717) is 12.8 Å². The van der Waals surface area contributed by atoms with Gasteiger partial charge < -0.3 is 25.2 Å². The normalized spacial score (nSPS) is 16.0. The van der Waals surface area contributed by atoms with Crippen molar-refractivity contribution in [1.82, 2.24) is 0 Å². The molecule has 4 N–H and O–H groups in total. The predicted molar refractivity (Wildman–Crippen MR) is 54.9 cm³/mol. The monoisotopic (exact) mass is 222 g/mol. The molecule has 0 aromatic rings. The van der Waals surface area contributed by atoms with Crippen LogP contribution in [0.3, 0.4) is 0 Å². The van der Waals surface area contributed by atoms with Gasteiger partial charge in [-0.3, -0.25) is 0 Å². The Kier molecular flexibility index (Phi) is 7.90. The van der Waals surface area contributed by atoms with Gasteiger partial charge in [-0.25, -0.2) is 0 Å². The zero-order chi connectivity index (χ0) is 11.8. The molecule has 0 spiro atoms. The third-order valence-electron chi connectivity index (χ3n) is 2.24. The highest BCUT2D eigenvalue weighted by molar-refractivity contribution is 4.63. The third kappa shape index (κ3) is 7.70. The average Bonchev–Trinajstić information content (AvgIpc) is 2.14. The van der Waals surface area contributed by atoms with Crippen LogP contribution in [0.25, 0.3) is 0 Å². The number of aliphatic hydroxyl groups excluding tert-OH is 2. The summed E-state index contributed by atoms with van der Waals surface area (Å²) in [5, 5.41) is 35.2. The Morgan fingerprint density at radius 3 is 1.33 bits per heavy atom. The lowest BCUT2D eigenvalue weighted by Crippen LogP contribution is -2.28. The van der Waals surface area contributed by atoms with E-state index in [4.69, 9.17) is 25.2 Å². The Labute approximate surface area is 90.3 Å². The maximum atomic E-state index is 8.80. The van der Waals surface area contributed by atoms with Crippen LogP contribution in [0.15, 0.2) is 0 Å². The number of aliphatic hydroxyl groups is 4. The van der Waals surface area contributed by atoms with Crippen LogP contribution in [-0.2, 0) is 4.74 Å². The molecule has 0 radical (unpaired) electrons. The van der Waals surface area contributed by atoms with Gasteiger partial charge in [0.15, 0.2) is 12.6 Å². The van der Waals surface area contributed by atoms with Crippen molar-refractivity contribution in [3.8, 4) is 0 Å². The van der Waals surface area contributed by atoms with Crippen LogP contribution in [0.4, 0.5) is 0 Å². The SMILES string of the molecule is CCC(CC(O)O)OC(CC)CC(O)O. The van der Waals surface area contributed by atoms with E-state index in [1.807, 2.05) is 13.8 Å². The standard InChI is InChI=1S/C10H22O5/c1-3-7(5-9(11)12)15-8(4-2)6-10(13)14/h7-14H,3-6H2,1-2H3.